The fraction of sp³-hybridized carbons (Fsp3) is 0.949. The number of hydrogen-bond acceptors (Lipinski definition) is 8. The van der Waals surface area contributed by atoms with Gasteiger partial charge in [-0.2, -0.15) is 13.2 Å². The van der Waals surface area contributed by atoms with Gasteiger partial charge in [0.25, 0.3) is 0 Å². The molecule has 8 aliphatic rings. The molecule has 2 N–H and O–H groups in total. The summed E-state index contributed by atoms with van der Waals surface area (Å²) in [5.41, 5.74) is -5.85. The molecule has 3 heterocycles. The van der Waals surface area contributed by atoms with Crippen LogP contribution in [0.1, 0.15) is 106 Å². The molecule has 0 aromatic rings. The van der Waals surface area contributed by atoms with Gasteiger partial charge in [0.1, 0.15) is 12.2 Å². The lowest BCUT2D eigenvalue weighted by Gasteiger charge is -2.63. The molecule has 0 aromatic carbocycles. The molecular formula is C39H60F3N3O8S. The minimum absolute atomic E-state index is 0.0833. The van der Waals surface area contributed by atoms with Crippen molar-refractivity contribution in [3.8, 4) is 0 Å². The van der Waals surface area contributed by atoms with E-state index < -0.39 is 33.6 Å². The SMILES string of the molecule is CC(C)[C@@H](OC(=O)N1CCC1)C1CC[C@H]2C(O1)[C@H](O)[C@@]1(C)C3CC[C@H]4C(C)(C)[C@@H](OC(=O)N5CC(CNS(=O)(=O)C(F)(F)F)C5)CC[C@@]45C[C@@]35CC[C@]21C. The number of hydrogen-bond donors (Lipinski definition) is 2. The average Bonchev–Trinajstić information content (AvgIpc) is 3.67. The number of alkyl halides is 3. The van der Waals surface area contributed by atoms with Crippen LogP contribution in [0.15, 0.2) is 0 Å². The number of amides is 2. The highest BCUT2D eigenvalue weighted by Gasteiger charge is 2.84. The predicted molar refractivity (Wildman–Crippen MR) is 191 cm³/mol. The summed E-state index contributed by atoms with van der Waals surface area (Å²) < 4.78 is 81.7. The maximum atomic E-state index is 13.2. The molecule has 5 aliphatic carbocycles. The van der Waals surface area contributed by atoms with Crippen molar-refractivity contribution in [2.45, 2.75) is 142 Å². The van der Waals surface area contributed by atoms with E-state index >= 15 is 0 Å². The van der Waals surface area contributed by atoms with Crippen LogP contribution in [0.4, 0.5) is 22.8 Å². The molecule has 2 spiro atoms. The van der Waals surface area contributed by atoms with E-state index in [4.69, 9.17) is 14.2 Å². The van der Waals surface area contributed by atoms with Gasteiger partial charge in [-0.25, -0.2) is 22.7 Å². The minimum Gasteiger partial charge on any atom is -0.446 e. The van der Waals surface area contributed by atoms with Crippen molar-refractivity contribution >= 4 is 22.2 Å². The number of halogens is 3. The zero-order valence-corrected chi connectivity index (χ0v) is 33.4. The summed E-state index contributed by atoms with van der Waals surface area (Å²) in [6.45, 7) is 14.7. The van der Waals surface area contributed by atoms with Crippen molar-refractivity contribution in [2.24, 2.45) is 56.7 Å². The van der Waals surface area contributed by atoms with Gasteiger partial charge in [0.2, 0.25) is 0 Å². The van der Waals surface area contributed by atoms with Gasteiger partial charge in [0, 0.05) is 49.5 Å². The highest BCUT2D eigenvalue weighted by molar-refractivity contribution is 7.90. The Kier molecular flexibility index (Phi) is 9.09. The minimum atomic E-state index is -5.42. The molecule has 3 unspecified atom stereocenters. The molecule has 11 nitrogen and oxygen atoms in total. The van der Waals surface area contributed by atoms with Crippen LogP contribution in [0, 0.1) is 56.7 Å². The van der Waals surface area contributed by atoms with Gasteiger partial charge in [-0.15, -0.1) is 0 Å². The van der Waals surface area contributed by atoms with Crippen molar-refractivity contribution in [2.75, 3.05) is 32.7 Å². The smallest absolute Gasteiger partial charge is 0.446 e. The molecule has 0 aromatic heterocycles. The average molecular weight is 788 g/mol. The molecule has 15 heteroatoms. The molecular weight excluding hydrogens is 728 g/mol. The Labute approximate surface area is 317 Å². The number of rotatable bonds is 7. The molecule has 306 valence electrons. The Balaban J connectivity index is 0.929. The van der Waals surface area contributed by atoms with E-state index in [0.29, 0.717) is 11.8 Å². The van der Waals surface area contributed by atoms with Crippen LogP contribution in [-0.2, 0) is 24.2 Å². The lowest BCUT2D eigenvalue weighted by Crippen LogP contribution is -2.60. The summed E-state index contributed by atoms with van der Waals surface area (Å²) >= 11 is 0. The first-order chi connectivity index (χ1) is 25.1. The number of fused-ring (bicyclic) bond motifs is 4. The fourth-order valence-electron chi connectivity index (χ4n) is 13.9. The maximum Gasteiger partial charge on any atom is 0.511 e. The highest BCUT2D eigenvalue weighted by atomic mass is 32.2. The van der Waals surface area contributed by atoms with Crippen molar-refractivity contribution < 1.29 is 50.5 Å². The first-order valence-electron chi connectivity index (χ1n) is 20.4. The van der Waals surface area contributed by atoms with Crippen LogP contribution in [0.5, 0.6) is 0 Å². The summed E-state index contributed by atoms with van der Waals surface area (Å²) in [5.74, 6) is 0.596. The van der Waals surface area contributed by atoms with Crippen LogP contribution in [-0.4, -0.2) is 104 Å². The number of aliphatic hydroxyl groups excluding tert-OH is 1. The first kappa shape index (κ1) is 39.0. The third kappa shape index (κ3) is 5.38. The van der Waals surface area contributed by atoms with E-state index in [2.05, 4.69) is 41.5 Å². The Hall–Kier alpha value is -1.84. The largest absolute Gasteiger partial charge is 0.511 e. The van der Waals surface area contributed by atoms with Crippen molar-refractivity contribution in [3.63, 3.8) is 0 Å². The Morgan fingerprint density at radius 1 is 0.926 bits per heavy atom. The second-order valence-electron chi connectivity index (χ2n) is 19.9. The van der Waals surface area contributed by atoms with Crippen LogP contribution >= 0.6 is 0 Å². The van der Waals surface area contributed by atoms with E-state index in [9.17, 15) is 36.3 Å². The quantitative estimate of drug-likeness (QED) is 0.308. The topological polar surface area (TPSA) is 135 Å². The number of nitrogens with one attached hydrogen (secondary N) is 1. The lowest BCUT2D eigenvalue weighted by atomic mass is 9.41. The van der Waals surface area contributed by atoms with E-state index in [1.807, 2.05) is 0 Å². The summed E-state index contributed by atoms with van der Waals surface area (Å²) in [5, 5.41) is 12.5. The number of carbonyl (C=O) groups excluding carboxylic acids is 2. The Morgan fingerprint density at radius 3 is 2.22 bits per heavy atom. The summed E-state index contributed by atoms with van der Waals surface area (Å²) in [4.78, 5) is 29.3. The predicted octanol–water partition coefficient (Wildman–Crippen LogP) is 6.30. The summed E-state index contributed by atoms with van der Waals surface area (Å²) in [6, 6.07) is 0. The van der Waals surface area contributed by atoms with Crippen LogP contribution in [0.3, 0.4) is 0 Å². The number of carbonyl (C=O) groups is 2. The molecule has 8 fully saturated rings. The Morgan fingerprint density at radius 2 is 1.59 bits per heavy atom. The van der Waals surface area contributed by atoms with Gasteiger partial charge in [0.05, 0.1) is 18.3 Å². The van der Waals surface area contributed by atoms with Gasteiger partial charge >= 0.3 is 27.7 Å². The zero-order valence-electron chi connectivity index (χ0n) is 32.6. The normalized spacial score (nSPS) is 44.4. The number of ether oxygens (including phenoxy) is 3. The van der Waals surface area contributed by atoms with E-state index in [1.54, 1.807) is 9.62 Å². The number of aliphatic hydroxyl groups is 1. The molecule has 0 bridgehead atoms. The third-order valence-electron chi connectivity index (χ3n) is 17.1. The molecule has 0 radical (unpaired) electrons. The van der Waals surface area contributed by atoms with Gasteiger partial charge < -0.3 is 29.1 Å². The molecule has 3 saturated heterocycles. The van der Waals surface area contributed by atoms with Crippen molar-refractivity contribution in [1.82, 2.24) is 14.5 Å². The van der Waals surface area contributed by atoms with Crippen molar-refractivity contribution in [3.05, 3.63) is 0 Å². The van der Waals surface area contributed by atoms with Crippen LogP contribution in [0.2, 0.25) is 0 Å². The number of likely N-dealkylation sites (tertiary alicyclic amines) is 2. The molecule has 3 aliphatic heterocycles. The van der Waals surface area contributed by atoms with Crippen LogP contribution < -0.4 is 4.72 Å². The maximum absolute atomic E-state index is 13.2. The van der Waals surface area contributed by atoms with Gasteiger partial charge in [-0.1, -0.05) is 41.5 Å². The molecule has 5 saturated carbocycles. The van der Waals surface area contributed by atoms with E-state index in [-0.39, 0.29) is 89.1 Å². The fourth-order valence-corrected chi connectivity index (χ4v) is 14.5. The standard InChI is InChI=1S/C39H60F3N3O8S/c1-22(2)29(53-32(47)44-16-7-17-44)25-9-8-24-30(51-25)31(46)36(6)27-11-10-26-34(3,4)28(12-13-37(26)21-38(27,37)15-14-35(24,36)5)52-33(48)45-19-23(20-45)18-43-54(49,50)39(40,41)42/h22-31,43,46H,7-21H2,1-6H3/t24-,25?,26-,27?,28-,29+,30?,31-,35+,36+,37+,38-/m0/s1. The monoisotopic (exact) mass is 787 g/mol. The van der Waals surface area contributed by atoms with Gasteiger partial charge in [-0.05, 0) is 104 Å². The molecule has 8 rings (SSSR count). The first-order valence-corrected chi connectivity index (χ1v) is 21.9. The van der Waals surface area contributed by atoms with Crippen LogP contribution in [0.25, 0.3) is 0 Å². The zero-order chi connectivity index (χ0) is 39.0. The molecule has 54 heavy (non-hydrogen) atoms. The third-order valence-corrected chi connectivity index (χ3v) is 18.3. The van der Waals surface area contributed by atoms with Gasteiger partial charge in [0.15, 0.2) is 0 Å². The summed E-state index contributed by atoms with van der Waals surface area (Å²) in [6.07, 6.45) is 7.07. The Bertz CT molecular complexity index is 1640. The van der Waals surface area contributed by atoms with E-state index in [0.717, 1.165) is 77.3 Å². The number of nitrogens with zero attached hydrogens (tertiary/aromatic N) is 2. The van der Waals surface area contributed by atoms with Gasteiger partial charge in [-0.3, -0.25) is 0 Å². The summed E-state index contributed by atoms with van der Waals surface area (Å²) in [7, 11) is -5.42. The lowest BCUT2D eigenvalue weighted by molar-refractivity contribution is -0.185. The van der Waals surface area contributed by atoms with E-state index in [1.165, 1.54) is 4.90 Å². The molecule has 2 amide bonds. The van der Waals surface area contributed by atoms with Crippen molar-refractivity contribution in [1.29, 1.82) is 0 Å². The highest BCUT2D eigenvalue weighted by Crippen LogP contribution is 2.89. The second kappa shape index (κ2) is 12.6. The number of sulfonamides is 1. The molecule has 12 atom stereocenters. The second-order valence-corrected chi connectivity index (χ2v) is 21.6.